The number of hydrogen-bond acceptors (Lipinski definition) is 8. The van der Waals surface area contributed by atoms with Crippen LogP contribution < -0.4 is 10.6 Å². The molecule has 2 aliphatic rings. The fraction of sp³-hybridized carbons (Fsp3) is 0.263. The minimum atomic E-state index is -1.21. The summed E-state index contributed by atoms with van der Waals surface area (Å²) < 4.78 is 0. The number of oxime groups is 1. The zero-order valence-electron chi connectivity index (χ0n) is 16.3. The fourth-order valence-corrected chi connectivity index (χ4v) is 4.33. The summed E-state index contributed by atoms with van der Waals surface area (Å²) in [5.41, 5.74) is -0.220. The first-order chi connectivity index (χ1) is 14.9. The van der Waals surface area contributed by atoms with E-state index < -0.39 is 29.2 Å². The Labute approximate surface area is 181 Å². The number of rotatable bonds is 9. The number of anilines is 1. The number of β-lactam (4-membered cyclic amide) rings is 1. The first kappa shape index (κ1) is 22.0. The van der Waals surface area contributed by atoms with Gasteiger partial charge in [-0.25, -0.2) is 9.78 Å². The monoisotopic (exact) mass is 445 g/mol. The van der Waals surface area contributed by atoms with E-state index in [4.69, 9.17) is 4.84 Å². The van der Waals surface area contributed by atoms with Gasteiger partial charge in [0.1, 0.15) is 35.2 Å². The molecule has 3 rings (SSSR count). The lowest BCUT2D eigenvalue weighted by Gasteiger charge is -2.49. The third-order valence-corrected chi connectivity index (χ3v) is 5.64. The lowest BCUT2D eigenvalue weighted by atomic mass is 10.0. The van der Waals surface area contributed by atoms with Crippen LogP contribution in [-0.2, 0) is 24.0 Å². The molecule has 0 aliphatic carbocycles. The van der Waals surface area contributed by atoms with E-state index in [2.05, 4.69) is 27.4 Å². The molecule has 0 aromatic carbocycles. The molecule has 1 aromatic heterocycles. The van der Waals surface area contributed by atoms with Crippen LogP contribution in [-0.4, -0.2) is 68.2 Å². The summed E-state index contributed by atoms with van der Waals surface area (Å²) in [6.45, 7) is 5.34. The van der Waals surface area contributed by atoms with E-state index in [1.807, 2.05) is 0 Å². The molecule has 2 unspecified atom stereocenters. The third-order valence-electron chi connectivity index (χ3n) is 4.32. The van der Waals surface area contributed by atoms with Gasteiger partial charge in [0.05, 0.1) is 0 Å². The summed E-state index contributed by atoms with van der Waals surface area (Å²) in [6.07, 6.45) is 3.36. The topological polar surface area (TPSA) is 150 Å². The summed E-state index contributed by atoms with van der Waals surface area (Å²) in [4.78, 5) is 57.9. The van der Waals surface area contributed by atoms with Crippen LogP contribution in [0, 0.1) is 0 Å². The number of amides is 3. The largest absolute Gasteiger partial charge is 0.477 e. The maximum absolute atomic E-state index is 12.9. The highest BCUT2D eigenvalue weighted by atomic mass is 32.2. The van der Waals surface area contributed by atoms with Gasteiger partial charge >= 0.3 is 5.97 Å². The Kier molecular flexibility index (Phi) is 6.70. The molecule has 1 aromatic rings. The fourth-order valence-electron chi connectivity index (χ4n) is 3.00. The highest BCUT2D eigenvalue weighted by Crippen LogP contribution is 2.40. The zero-order valence-corrected chi connectivity index (χ0v) is 17.2. The van der Waals surface area contributed by atoms with Gasteiger partial charge in [0.15, 0.2) is 5.71 Å². The third kappa shape index (κ3) is 4.58. The number of nitrogens with zero attached hydrogens (tertiary/aromatic N) is 3. The molecule has 0 spiro atoms. The van der Waals surface area contributed by atoms with E-state index >= 15 is 0 Å². The van der Waals surface area contributed by atoms with E-state index in [0.717, 1.165) is 4.90 Å². The Morgan fingerprint density at radius 2 is 2.23 bits per heavy atom. The second-order valence-corrected chi connectivity index (χ2v) is 7.94. The molecule has 1 saturated heterocycles. The summed E-state index contributed by atoms with van der Waals surface area (Å²) in [6, 6.07) is 3.63. The van der Waals surface area contributed by atoms with Crippen molar-refractivity contribution in [1.29, 1.82) is 0 Å². The number of aromatic nitrogens is 1. The Balaban J connectivity index is 1.82. The molecule has 0 radical (unpaired) electrons. The molecule has 3 amide bonds. The average molecular weight is 445 g/mol. The van der Waals surface area contributed by atoms with Crippen LogP contribution in [0.4, 0.5) is 5.82 Å². The standard InChI is InChI=1S/C19H19N5O6S/c1-3-7-30-23-14(11-5-4-6-13(21-11)20-9-25)16(26)22-15-17(27)24-12(19(28)29)8-10(2)31-18(15)24/h3-6,8-10,15,18H,1,7H2,2H3,(H,22,26)(H,28,29)(H,20,21,25)/b23-14-/t10?,15?,18-/m1/s1. The molecule has 0 bridgehead atoms. The predicted molar refractivity (Wildman–Crippen MR) is 112 cm³/mol. The zero-order chi connectivity index (χ0) is 22.5. The number of carbonyl (C=O) groups excluding carboxylic acids is 3. The second-order valence-electron chi connectivity index (χ2n) is 6.44. The van der Waals surface area contributed by atoms with Crippen LogP contribution in [0.25, 0.3) is 0 Å². The van der Waals surface area contributed by atoms with Gasteiger partial charge in [-0.3, -0.25) is 19.3 Å². The van der Waals surface area contributed by atoms with Crippen molar-refractivity contribution < 1.29 is 29.1 Å². The molecule has 3 heterocycles. The molecule has 11 nitrogen and oxygen atoms in total. The smallest absolute Gasteiger partial charge is 0.352 e. The van der Waals surface area contributed by atoms with Gasteiger partial charge in [-0.2, -0.15) is 0 Å². The molecule has 3 atom stereocenters. The highest BCUT2D eigenvalue weighted by molar-refractivity contribution is 8.00. The van der Waals surface area contributed by atoms with Crippen LogP contribution in [0.15, 0.2) is 47.8 Å². The van der Waals surface area contributed by atoms with Gasteiger partial charge in [0.2, 0.25) is 6.41 Å². The van der Waals surface area contributed by atoms with Gasteiger partial charge in [0.25, 0.3) is 11.8 Å². The van der Waals surface area contributed by atoms with E-state index in [1.165, 1.54) is 36.0 Å². The van der Waals surface area contributed by atoms with Crippen molar-refractivity contribution in [2.45, 2.75) is 23.6 Å². The Morgan fingerprint density at radius 3 is 2.90 bits per heavy atom. The van der Waals surface area contributed by atoms with Crippen LogP contribution in [0.3, 0.4) is 0 Å². The molecule has 12 heteroatoms. The summed E-state index contributed by atoms with van der Waals surface area (Å²) in [7, 11) is 0. The minimum Gasteiger partial charge on any atom is -0.477 e. The number of hydrogen-bond donors (Lipinski definition) is 3. The van der Waals surface area contributed by atoms with E-state index in [-0.39, 0.29) is 34.8 Å². The van der Waals surface area contributed by atoms with Gasteiger partial charge in [-0.15, -0.1) is 11.8 Å². The molecule has 0 saturated carbocycles. The van der Waals surface area contributed by atoms with Crippen molar-refractivity contribution in [3.8, 4) is 0 Å². The van der Waals surface area contributed by atoms with E-state index in [9.17, 15) is 24.3 Å². The Hall–Kier alpha value is -3.67. The summed E-state index contributed by atoms with van der Waals surface area (Å²) in [5, 5.41) is 17.4. The number of nitrogens with one attached hydrogen (secondary N) is 2. The second kappa shape index (κ2) is 9.43. The van der Waals surface area contributed by atoms with Crippen molar-refractivity contribution in [2.75, 3.05) is 11.9 Å². The molecule has 3 N–H and O–H groups in total. The van der Waals surface area contributed by atoms with Crippen molar-refractivity contribution in [1.82, 2.24) is 15.2 Å². The molecule has 1 fully saturated rings. The molecular weight excluding hydrogens is 426 g/mol. The Bertz CT molecular complexity index is 994. The molecule has 2 aliphatic heterocycles. The van der Waals surface area contributed by atoms with Crippen molar-refractivity contribution >= 4 is 47.5 Å². The maximum atomic E-state index is 12.9. The van der Waals surface area contributed by atoms with Crippen molar-refractivity contribution in [3.05, 3.63) is 48.3 Å². The SMILES string of the molecule is C=CCO/N=C(\C(=O)NC1C(=O)N2C(C(=O)O)=CC(C)S[C@H]12)c1cccc(NC=O)n1. The molecule has 31 heavy (non-hydrogen) atoms. The quantitative estimate of drug-likeness (QED) is 0.123. The van der Waals surface area contributed by atoms with Crippen LogP contribution in [0.1, 0.15) is 12.6 Å². The van der Waals surface area contributed by atoms with Crippen LogP contribution in [0.2, 0.25) is 0 Å². The Morgan fingerprint density at radius 1 is 1.45 bits per heavy atom. The number of carboxylic acids is 1. The number of carbonyl (C=O) groups is 4. The number of aliphatic carboxylic acids is 1. The van der Waals surface area contributed by atoms with Gasteiger partial charge in [0, 0.05) is 5.25 Å². The average Bonchev–Trinajstić information content (AvgIpc) is 2.74. The normalized spacial score (nSPS) is 22.4. The highest BCUT2D eigenvalue weighted by Gasteiger charge is 2.54. The van der Waals surface area contributed by atoms with Gasteiger partial charge in [-0.05, 0) is 25.1 Å². The van der Waals surface area contributed by atoms with Crippen molar-refractivity contribution in [2.24, 2.45) is 5.16 Å². The molecule has 162 valence electrons. The summed E-state index contributed by atoms with van der Waals surface area (Å²) in [5.74, 6) is -2.30. The van der Waals surface area contributed by atoms with Crippen LogP contribution >= 0.6 is 11.8 Å². The predicted octanol–water partition coefficient (Wildman–Crippen LogP) is 0.314. The van der Waals surface area contributed by atoms with Gasteiger partial charge < -0.3 is 20.6 Å². The lowest BCUT2D eigenvalue weighted by Crippen LogP contribution is -2.71. The maximum Gasteiger partial charge on any atom is 0.352 e. The number of fused-ring (bicyclic) bond motifs is 1. The first-order valence-electron chi connectivity index (χ1n) is 9.10. The number of pyridine rings is 1. The minimum absolute atomic E-state index is 0.0297. The molecular formula is C19H19N5O6S. The van der Waals surface area contributed by atoms with E-state index in [1.54, 1.807) is 13.0 Å². The van der Waals surface area contributed by atoms with Crippen LogP contribution in [0.5, 0.6) is 0 Å². The van der Waals surface area contributed by atoms with Crippen molar-refractivity contribution in [3.63, 3.8) is 0 Å². The number of carboxylic acid groups (broad SMARTS) is 1. The lowest BCUT2D eigenvalue weighted by molar-refractivity contribution is -0.150. The first-order valence-corrected chi connectivity index (χ1v) is 10.0. The van der Waals surface area contributed by atoms with Gasteiger partial charge in [-0.1, -0.05) is 23.9 Å². The number of thioether (sulfide) groups is 1. The van der Waals surface area contributed by atoms with E-state index in [0.29, 0.717) is 6.41 Å². The summed E-state index contributed by atoms with van der Waals surface area (Å²) >= 11 is 1.35.